The number of ether oxygens (including phenoxy) is 2. The molecule has 0 saturated heterocycles. The monoisotopic (exact) mass is 211 g/mol. The van der Waals surface area contributed by atoms with Gasteiger partial charge in [0.1, 0.15) is 6.10 Å². The molecule has 0 aromatic heterocycles. The summed E-state index contributed by atoms with van der Waals surface area (Å²) in [5.74, 6) is 0. The zero-order chi connectivity index (χ0) is 11.1. The van der Waals surface area contributed by atoms with Crippen LogP contribution < -0.4 is 5.73 Å². The molecule has 0 saturated carbocycles. The maximum Gasteiger partial charge on any atom is 0.104 e. The number of hydrogen-bond donors (Lipinski definition) is 2. The van der Waals surface area contributed by atoms with Crippen molar-refractivity contribution in [2.45, 2.75) is 6.10 Å². The second-order valence-electron chi connectivity index (χ2n) is 3.21. The number of nitrogen functional groups attached to an aromatic ring is 1. The lowest BCUT2D eigenvalue weighted by Gasteiger charge is -2.13. The van der Waals surface area contributed by atoms with Gasteiger partial charge in [-0.1, -0.05) is 18.2 Å². The molecule has 0 bridgehead atoms. The first-order chi connectivity index (χ1) is 7.25. The van der Waals surface area contributed by atoms with E-state index in [0.29, 0.717) is 24.5 Å². The zero-order valence-corrected chi connectivity index (χ0v) is 8.85. The first kappa shape index (κ1) is 12.0. The van der Waals surface area contributed by atoms with E-state index in [4.69, 9.17) is 15.2 Å². The van der Waals surface area contributed by atoms with E-state index in [0.717, 1.165) is 0 Å². The van der Waals surface area contributed by atoms with Crippen LogP contribution in [0, 0.1) is 0 Å². The van der Waals surface area contributed by atoms with E-state index in [1.165, 1.54) is 0 Å². The molecule has 0 aliphatic rings. The Bertz CT molecular complexity index is 291. The van der Waals surface area contributed by atoms with Crippen molar-refractivity contribution in [1.29, 1.82) is 0 Å². The molecule has 0 heterocycles. The van der Waals surface area contributed by atoms with Crippen LogP contribution >= 0.6 is 0 Å². The smallest absolute Gasteiger partial charge is 0.104 e. The Kier molecular flexibility index (Phi) is 5.10. The number of anilines is 1. The van der Waals surface area contributed by atoms with Gasteiger partial charge < -0.3 is 20.3 Å². The number of benzene rings is 1. The second kappa shape index (κ2) is 6.40. The van der Waals surface area contributed by atoms with Crippen molar-refractivity contribution in [3.05, 3.63) is 29.8 Å². The first-order valence-corrected chi connectivity index (χ1v) is 4.85. The summed E-state index contributed by atoms with van der Waals surface area (Å²) in [5, 5.41) is 9.75. The normalized spacial score (nSPS) is 12.7. The molecule has 0 aliphatic heterocycles. The number of methoxy groups -OCH3 is 1. The van der Waals surface area contributed by atoms with Crippen molar-refractivity contribution in [2.24, 2.45) is 0 Å². The molecule has 1 rings (SSSR count). The Balaban J connectivity index is 2.40. The van der Waals surface area contributed by atoms with Gasteiger partial charge in [-0.25, -0.2) is 0 Å². The molecule has 4 heteroatoms. The third-order valence-electron chi connectivity index (χ3n) is 2.06. The Labute approximate surface area is 89.6 Å². The highest BCUT2D eigenvalue weighted by Gasteiger charge is 2.09. The first-order valence-electron chi connectivity index (χ1n) is 4.85. The van der Waals surface area contributed by atoms with Gasteiger partial charge in [0.05, 0.1) is 19.8 Å². The minimum absolute atomic E-state index is 0.234. The Morgan fingerprint density at radius 2 is 2.07 bits per heavy atom. The van der Waals surface area contributed by atoms with Crippen LogP contribution in [0.25, 0.3) is 0 Å². The fourth-order valence-electron chi connectivity index (χ4n) is 1.24. The summed E-state index contributed by atoms with van der Waals surface area (Å²) in [5.41, 5.74) is 7.00. The average molecular weight is 211 g/mol. The fourth-order valence-corrected chi connectivity index (χ4v) is 1.24. The van der Waals surface area contributed by atoms with Crippen molar-refractivity contribution >= 4 is 5.69 Å². The zero-order valence-electron chi connectivity index (χ0n) is 8.85. The van der Waals surface area contributed by atoms with Crippen molar-refractivity contribution < 1.29 is 14.6 Å². The van der Waals surface area contributed by atoms with Gasteiger partial charge in [0.2, 0.25) is 0 Å². The second-order valence-corrected chi connectivity index (χ2v) is 3.21. The minimum atomic E-state index is -0.678. The molecule has 0 spiro atoms. The number of para-hydroxylation sites is 1. The van der Waals surface area contributed by atoms with Gasteiger partial charge in [0.15, 0.2) is 0 Å². The molecule has 15 heavy (non-hydrogen) atoms. The van der Waals surface area contributed by atoms with Crippen LogP contribution in [0.4, 0.5) is 5.69 Å². The highest BCUT2D eigenvalue weighted by Crippen LogP contribution is 2.19. The van der Waals surface area contributed by atoms with Gasteiger partial charge in [-0.05, 0) is 6.07 Å². The summed E-state index contributed by atoms with van der Waals surface area (Å²) in [4.78, 5) is 0. The van der Waals surface area contributed by atoms with Gasteiger partial charge in [0, 0.05) is 18.4 Å². The summed E-state index contributed by atoms with van der Waals surface area (Å²) in [7, 11) is 1.61. The molecule has 0 fully saturated rings. The van der Waals surface area contributed by atoms with Gasteiger partial charge in [-0.3, -0.25) is 0 Å². The van der Waals surface area contributed by atoms with Crippen LogP contribution in [0.1, 0.15) is 11.7 Å². The van der Waals surface area contributed by atoms with Gasteiger partial charge >= 0.3 is 0 Å². The number of hydrogen-bond acceptors (Lipinski definition) is 4. The molecule has 1 unspecified atom stereocenters. The van der Waals surface area contributed by atoms with Crippen LogP contribution in [0.3, 0.4) is 0 Å². The van der Waals surface area contributed by atoms with Gasteiger partial charge in [-0.2, -0.15) is 0 Å². The van der Waals surface area contributed by atoms with E-state index < -0.39 is 6.10 Å². The molecule has 1 aromatic rings. The highest BCUT2D eigenvalue weighted by atomic mass is 16.5. The minimum Gasteiger partial charge on any atom is -0.398 e. The van der Waals surface area contributed by atoms with Crippen LogP contribution in [0.5, 0.6) is 0 Å². The molecule has 1 aromatic carbocycles. The number of aliphatic hydroxyl groups is 1. The van der Waals surface area contributed by atoms with E-state index in [1.807, 2.05) is 12.1 Å². The van der Waals surface area contributed by atoms with Crippen LogP contribution in [-0.2, 0) is 9.47 Å². The van der Waals surface area contributed by atoms with E-state index >= 15 is 0 Å². The lowest BCUT2D eigenvalue weighted by Crippen LogP contribution is -2.11. The molecule has 84 valence electrons. The van der Waals surface area contributed by atoms with Crippen LogP contribution in [0.2, 0.25) is 0 Å². The van der Waals surface area contributed by atoms with E-state index in [1.54, 1.807) is 19.2 Å². The third-order valence-corrected chi connectivity index (χ3v) is 2.06. The van der Waals surface area contributed by atoms with Gasteiger partial charge in [0.25, 0.3) is 0 Å². The number of aliphatic hydroxyl groups excluding tert-OH is 1. The molecular weight excluding hydrogens is 194 g/mol. The molecule has 1 atom stereocenters. The quantitative estimate of drug-likeness (QED) is 0.543. The van der Waals surface area contributed by atoms with E-state index in [-0.39, 0.29) is 6.61 Å². The Morgan fingerprint density at radius 3 is 2.73 bits per heavy atom. The molecule has 0 amide bonds. The van der Waals surface area contributed by atoms with Crippen molar-refractivity contribution in [3.8, 4) is 0 Å². The third kappa shape index (κ3) is 3.87. The van der Waals surface area contributed by atoms with Crippen molar-refractivity contribution in [1.82, 2.24) is 0 Å². The van der Waals surface area contributed by atoms with Crippen LogP contribution in [0.15, 0.2) is 24.3 Å². The summed E-state index contributed by atoms with van der Waals surface area (Å²) in [6.45, 7) is 1.23. The Hall–Kier alpha value is -1.10. The fraction of sp³-hybridized carbons (Fsp3) is 0.455. The molecule has 0 radical (unpaired) electrons. The van der Waals surface area contributed by atoms with Gasteiger partial charge in [-0.15, -0.1) is 0 Å². The summed E-state index contributed by atoms with van der Waals surface area (Å²) >= 11 is 0. The summed E-state index contributed by atoms with van der Waals surface area (Å²) < 4.78 is 10.0. The predicted octanol–water partition coefficient (Wildman–Crippen LogP) is 0.965. The van der Waals surface area contributed by atoms with E-state index in [9.17, 15) is 5.11 Å². The predicted molar refractivity (Wildman–Crippen MR) is 58.5 cm³/mol. The van der Waals surface area contributed by atoms with Crippen LogP contribution in [-0.4, -0.2) is 32.0 Å². The lowest BCUT2D eigenvalue weighted by molar-refractivity contribution is 0.0129. The number of rotatable bonds is 6. The van der Waals surface area contributed by atoms with Crippen molar-refractivity contribution in [3.63, 3.8) is 0 Å². The number of nitrogens with two attached hydrogens (primary N) is 1. The largest absolute Gasteiger partial charge is 0.398 e. The lowest BCUT2D eigenvalue weighted by atomic mass is 10.1. The highest BCUT2D eigenvalue weighted by molar-refractivity contribution is 5.47. The maximum atomic E-state index is 9.75. The SMILES string of the molecule is COCCOCC(O)c1ccccc1N. The standard InChI is InChI=1S/C11H17NO3/c1-14-6-7-15-8-11(13)9-4-2-3-5-10(9)12/h2-5,11,13H,6-8,12H2,1H3. The summed E-state index contributed by atoms with van der Waals surface area (Å²) in [6, 6.07) is 7.22. The Morgan fingerprint density at radius 1 is 1.33 bits per heavy atom. The maximum absolute atomic E-state index is 9.75. The molecular formula is C11H17NO3. The molecule has 3 N–H and O–H groups in total. The van der Waals surface area contributed by atoms with Crippen molar-refractivity contribution in [2.75, 3.05) is 32.7 Å². The average Bonchev–Trinajstić information content (AvgIpc) is 2.25. The molecule has 4 nitrogen and oxygen atoms in total. The van der Waals surface area contributed by atoms with E-state index in [2.05, 4.69) is 0 Å². The summed E-state index contributed by atoms with van der Waals surface area (Å²) in [6.07, 6.45) is -0.678. The topological polar surface area (TPSA) is 64.7 Å². The molecule has 0 aliphatic carbocycles.